The van der Waals surface area contributed by atoms with Crippen LogP contribution < -0.4 is 0 Å². The van der Waals surface area contributed by atoms with Gasteiger partial charge in [-0.25, -0.2) is 9.59 Å². The van der Waals surface area contributed by atoms with Crippen molar-refractivity contribution in [2.75, 3.05) is 13.2 Å². The zero-order valence-electron chi connectivity index (χ0n) is 14.2. The van der Waals surface area contributed by atoms with Gasteiger partial charge in [-0.2, -0.15) is 0 Å². The average Bonchev–Trinajstić information content (AvgIpc) is 3.46. The Bertz CT molecular complexity index is 661. The van der Waals surface area contributed by atoms with Crippen LogP contribution in [0.4, 0.5) is 0 Å². The van der Waals surface area contributed by atoms with Crippen molar-refractivity contribution in [1.82, 2.24) is 0 Å². The van der Waals surface area contributed by atoms with Crippen LogP contribution in [0.1, 0.15) is 47.4 Å². The molecule has 6 nitrogen and oxygen atoms in total. The van der Waals surface area contributed by atoms with Crippen molar-refractivity contribution in [2.45, 2.75) is 51.1 Å². The van der Waals surface area contributed by atoms with Crippen LogP contribution in [0, 0.1) is 0 Å². The summed E-state index contributed by atoms with van der Waals surface area (Å²) in [4.78, 5) is 24.6. The van der Waals surface area contributed by atoms with Gasteiger partial charge < -0.3 is 18.9 Å². The quantitative estimate of drug-likeness (QED) is 0.518. The Kier molecular flexibility index (Phi) is 5.61. The fourth-order valence-corrected chi connectivity index (χ4v) is 2.91. The van der Waals surface area contributed by atoms with Crippen LogP contribution in [-0.4, -0.2) is 49.6 Å². The standard InChI is InChI=1S/C18H21ClO6/c1-10-14(24-10)6-8-22-17(20)12-4-3-5-13(19)16(12)18(21)23-9-7-15-11(2)25-15/h3-5,10-11,14-15H,6-9H2,1-2H3. The fraction of sp³-hybridized carbons (Fsp3) is 0.556. The number of carbonyl (C=O) groups excluding carboxylic acids is 2. The van der Waals surface area contributed by atoms with Crippen LogP contribution >= 0.6 is 11.6 Å². The number of hydrogen-bond acceptors (Lipinski definition) is 6. The summed E-state index contributed by atoms with van der Waals surface area (Å²) in [6.07, 6.45) is 1.96. The van der Waals surface area contributed by atoms with Crippen LogP contribution in [0.3, 0.4) is 0 Å². The topological polar surface area (TPSA) is 77.7 Å². The first kappa shape index (κ1) is 18.2. The summed E-state index contributed by atoms with van der Waals surface area (Å²) in [7, 11) is 0. The lowest BCUT2D eigenvalue weighted by molar-refractivity contribution is 0.0445. The lowest BCUT2D eigenvalue weighted by atomic mass is 10.1. The Balaban J connectivity index is 1.57. The van der Waals surface area contributed by atoms with Gasteiger partial charge in [-0.15, -0.1) is 0 Å². The minimum Gasteiger partial charge on any atom is -0.462 e. The number of hydrogen-bond donors (Lipinski definition) is 0. The highest BCUT2D eigenvalue weighted by molar-refractivity contribution is 6.34. The van der Waals surface area contributed by atoms with Crippen molar-refractivity contribution in [3.05, 3.63) is 34.3 Å². The van der Waals surface area contributed by atoms with E-state index in [1.165, 1.54) is 6.07 Å². The first-order valence-corrected chi connectivity index (χ1v) is 8.79. The molecule has 4 unspecified atom stereocenters. The predicted molar refractivity (Wildman–Crippen MR) is 89.9 cm³/mol. The summed E-state index contributed by atoms with van der Waals surface area (Å²) in [6.45, 7) is 4.36. The third-order valence-corrected chi connectivity index (χ3v) is 4.70. The van der Waals surface area contributed by atoms with Gasteiger partial charge >= 0.3 is 11.9 Å². The summed E-state index contributed by atoms with van der Waals surface area (Å²) >= 11 is 6.11. The second-order valence-electron chi connectivity index (χ2n) is 6.27. The number of halogens is 1. The normalized spacial score (nSPS) is 26.8. The maximum absolute atomic E-state index is 12.3. The van der Waals surface area contributed by atoms with Gasteiger partial charge in [0.05, 0.1) is 53.8 Å². The maximum atomic E-state index is 12.3. The van der Waals surface area contributed by atoms with E-state index in [0.717, 1.165) is 0 Å². The Morgan fingerprint density at radius 3 is 2.04 bits per heavy atom. The first-order chi connectivity index (χ1) is 12.0. The van der Waals surface area contributed by atoms with E-state index in [9.17, 15) is 9.59 Å². The largest absolute Gasteiger partial charge is 0.462 e. The Morgan fingerprint density at radius 1 is 1.00 bits per heavy atom. The lowest BCUT2D eigenvalue weighted by Crippen LogP contribution is -2.16. The molecule has 136 valence electrons. The van der Waals surface area contributed by atoms with E-state index in [0.29, 0.717) is 12.8 Å². The summed E-state index contributed by atoms with van der Waals surface area (Å²) in [6, 6.07) is 4.65. The molecule has 25 heavy (non-hydrogen) atoms. The molecule has 3 rings (SSSR count). The molecule has 0 radical (unpaired) electrons. The molecule has 2 aliphatic heterocycles. The van der Waals surface area contributed by atoms with Crippen molar-refractivity contribution >= 4 is 23.5 Å². The third kappa shape index (κ3) is 4.71. The van der Waals surface area contributed by atoms with Crippen molar-refractivity contribution in [1.29, 1.82) is 0 Å². The minimum atomic E-state index is -0.634. The number of ether oxygens (including phenoxy) is 4. The molecule has 1 aromatic rings. The van der Waals surface area contributed by atoms with Crippen LogP contribution in [0.25, 0.3) is 0 Å². The van der Waals surface area contributed by atoms with Gasteiger partial charge in [-0.3, -0.25) is 0 Å². The van der Waals surface area contributed by atoms with E-state index in [4.69, 9.17) is 30.5 Å². The monoisotopic (exact) mass is 368 g/mol. The number of esters is 2. The van der Waals surface area contributed by atoms with E-state index < -0.39 is 11.9 Å². The smallest absolute Gasteiger partial charge is 0.340 e. The van der Waals surface area contributed by atoms with Crippen molar-refractivity contribution in [3.63, 3.8) is 0 Å². The first-order valence-electron chi connectivity index (χ1n) is 8.41. The second-order valence-corrected chi connectivity index (χ2v) is 6.68. The molecule has 2 heterocycles. The van der Waals surface area contributed by atoms with Gasteiger partial charge in [0.1, 0.15) is 0 Å². The zero-order chi connectivity index (χ0) is 18.0. The Hall–Kier alpha value is -1.63. The average molecular weight is 369 g/mol. The van der Waals surface area contributed by atoms with Crippen LogP contribution in [0.15, 0.2) is 18.2 Å². The van der Waals surface area contributed by atoms with E-state index >= 15 is 0 Å². The molecule has 7 heteroatoms. The van der Waals surface area contributed by atoms with Gasteiger partial charge in [0.15, 0.2) is 0 Å². The molecule has 0 amide bonds. The Morgan fingerprint density at radius 2 is 1.52 bits per heavy atom. The highest BCUT2D eigenvalue weighted by Crippen LogP contribution is 2.26. The van der Waals surface area contributed by atoms with Gasteiger partial charge in [0.2, 0.25) is 0 Å². The third-order valence-electron chi connectivity index (χ3n) is 4.38. The fourth-order valence-electron chi connectivity index (χ4n) is 2.65. The number of epoxide rings is 2. The SMILES string of the molecule is CC1OC1CCOC(=O)c1cccc(Cl)c1C(=O)OCCC1OC1C. The highest BCUT2D eigenvalue weighted by atomic mass is 35.5. The molecule has 0 aliphatic carbocycles. The lowest BCUT2D eigenvalue weighted by Gasteiger charge is -2.11. The molecule has 0 N–H and O–H groups in total. The van der Waals surface area contributed by atoms with E-state index in [1.54, 1.807) is 12.1 Å². The molecule has 0 bridgehead atoms. The molecule has 0 saturated carbocycles. The summed E-state index contributed by atoms with van der Waals surface area (Å²) in [5, 5.41) is 0.162. The molecule has 4 atom stereocenters. The van der Waals surface area contributed by atoms with Gasteiger partial charge in [-0.1, -0.05) is 17.7 Å². The molecular weight excluding hydrogens is 348 g/mol. The molecule has 0 aromatic heterocycles. The molecule has 2 fully saturated rings. The van der Waals surface area contributed by atoms with E-state index in [2.05, 4.69) is 0 Å². The summed E-state index contributed by atoms with van der Waals surface area (Å²) in [5.41, 5.74) is 0.147. The van der Waals surface area contributed by atoms with Gasteiger partial charge in [0.25, 0.3) is 0 Å². The molecular formula is C18H21ClO6. The number of carbonyl (C=O) groups is 2. The number of benzene rings is 1. The van der Waals surface area contributed by atoms with E-state index in [1.807, 2.05) is 13.8 Å². The minimum absolute atomic E-state index is 0.0370. The molecule has 2 saturated heterocycles. The number of rotatable bonds is 8. The zero-order valence-corrected chi connectivity index (χ0v) is 15.0. The predicted octanol–water partition coefficient (Wildman–Crippen LogP) is 3.01. The molecule has 1 aromatic carbocycles. The summed E-state index contributed by atoms with van der Waals surface area (Å²) in [5.74, 6) is -1.23. The van der Waals surface area contributed by atoms with Crippen molar-refractivity contribution < 1.29 is 28.5 Å². The van der Waals surface area contributed by atoms with Gasteiger partial charge in [0, 0.05) is 12.8 Å². The molecule has 0 spiro atoms. The van der Waals surface area contributed by atoms with Crippen molar-refractivity contribution in [3.8, 4) is 0 Å². The van der Waals surface area contributed by atoms with Crippen molar-refractivity contribution in [2.24, 2.45) is 0 Å². The highest BCUT2D eigenvalue weighted by Gasteiger charge is 2.35. The second kappa shape index (κ2) is 7.72. The Labute approximate surface area is 151 Å². The van der Waals surface area contributed by atoms with Crippen LogP contribution in [0.2, 0.25) is 5.02 Å². The maximum Gasteiger partial charge on any atom is 0.340 e. The molecule has 2 aliphatic rings. The van der Waals surface area contributed by atoms with Crippen LogP contribution in [0.5, 0.6) is 0 Å². The van der Waals surface area contributed by atoms with Gasteiger partial charge in [-0.05, 0) is 26.0 Å². The summed E-state index contributed by atoms with van der Waals surface area (Å²) < 4.78 is 21.0. The van der Waals surface area contributed by atoms with E-state index in [-0.39, 0.29) is 53.8 Å². The van der Waals surface area contributed by atoms with Crippen LogP contribution in [-0.2, 0) is 18.9 Å².